The van der Waals surface area contributed by atoms with Gasteiger partial charge in [-0.2, -0.15) is 0 Å². The van der Waals surface area contributed by atoms with E-state index in [1.807, 2.05) is 6.07 Å². The molecule has 1 aliphatic carbocycles. The molecule has 126 valence electrons. The van der Waals surface area contributed by atoms with Crippen LogP contribution in [0.5, 0.6) is 5.75 Å². The summed E-state index contributed by atoms with van der Waals surface area (Å²) in [4.78, 5) is 4.98. The number of ether oxygens (including phenoxy) is 1. The molecule has 4 heteroatoms. The Morgan fingerprint density at radius 2 is 1.83 bits per heavy atom. The van der Waals surface area contributed by atoms with E-state index in [9.17, 15) is 0 Å². The number of benzene rings is 2. The minimum absolute atomic E-state index is 0. The van der Waals surface area contributed by atoms with Crippen LogP contribution >= 0.6 is 12.4 Å². The number of fused-ring (bicyclic) bond motifs is 1. The molecule has 0 bridgehead atoms. The molecule has 1 atom stereocenters. The van der Waals surface area contributed by atoms with Gasteiger partial charge in [-0.15, -0.1) is 12.4 Å². The third-order valence-electron chi connectivity index (χ3n) is 4.68. The SMILES string of the molecule is COc1ccc2c(c1)CCC(c1ccccc1)C(=NC1CC1)N2.Cl. The fraction of sp³-hybridized carbons (Fsp3) is 0.350. The Labute approximate surface area is 149 Å². The van der Waals surface area contributed by atoms with Crippen molar-refractivity contribution < 1.29 is 4.74 Å². The summed E-state index contributed by atoms with van der Waals surface area (Å²) in [6.45, 7) is 0. The maximum atomic E-state index is 5.38. The Morgan fingerprint density at radius 1 is 1.04 bits per heavy atom. The number of halogens is 1. The van der Waals surface area contributed by atoms with Gasteiger partial charge in [0.1, 0.15) is 11.6 Å². The minimum Gasteiger partial charge on any atom is -0.497 e. The van der Waals surface area contributed by atoms with E-state index in [2.05, 4.69) is 47.8 Å². The van der Waals surface area contributed by atoms with Crippen molar-refractivity contribution in [3.63, 3.8) is 0 Å². The summed E-state index contributed by atoms with van der Waals surface area (Å²) in [6, 6.07) is 17.5. The smallest absolute Gasteiger partial charge is 0.119 e. The van der Waals surface area contributed by atoms with Crippen LogP contribution < -0.4 is 10.1 Å². The Kier molecular flexibility index (Phi) is 5.10. The second kappa shape index (κ2) is 7.27. The van der Waals surface area contributed by atoms with Crippen LogP contribution in [0.4, 0.5) is 5.69 Å². The topological polar surface area (TPSA) is 33.6 Å². The van der Waals surface area contributed by atoms with Crippen LogP contribution in [0.3, 0.4) is 0 Å². The number of nitrogens with one attached hydrogen (secondary N) is 1. The van der Waals surface area contributed by atoms with E-state index in [1.54, 1.807) is 7.11 Å². The molecule has 1 heterocycles. The second-order valence-corrected chi connectivity index (χ2v) is 6.40. The van der Waals surface area contributed by atoms with Crippen LogP contribution in [0.25, 0.3) is 0 Å². The summed E-state index contributed by atoms with van der Waals surface area (Å²) in [5.41, 5.74) is 3.83. The molecule has 1 aliphatic heterocycles. The predicted octanol–water partition coefficient (Wildman–Crippen LogP) is 4.82. The van der Waals surface area contributed by atoms with Crippen molar-refractivity contribution in [3.05, 3.63) is 59.7 Å². The van der Waals surface area contributed by atoms with Crippen molar-refractivity contribution in [2.24, 2.45) is 4.99 Å². The van der Waals surface area contributed by atoms with Gasteiger partial charge in [-0.25, -0.2) is 0 Å². The van der Waals surface area contributed by atoms with Gasteiger partial charge in [0, 0.05) is 11.6 Å². The first-order chi connectivity index (χ1) is 11.3. The van der Waals surface area contributed by atoms with Gasteiger partial charge < -0.3 is 10.1 Å². The molecule has 1 saturated carbocycles. The average molecular weight is 343 g/mol. The molecule has 0 spiro atoms. The van der Waals surface area contributed by atoms with E-state index in [0.29, 0.717) is 12.0 Å². The number of amidine groups is 1. The van der Waals surface area contributed by atoms with E-state index in [1.165, 1.54) is 29.7 Å². The van der Waals surface area contributed by atoms with Gasteiger partial charge in [-0.1, -0.05) is 30.3 Å². The number of hydrogen-bond donors (Lipinski definition) is 1. The van der Waals surface area contributed by atoms with E-state index >= 15 is 0 Å². The summed E-state index contributed by atoms with van der Waals surface area (Å²) >= 11 is 0. The monoisotopic (exact) mass is 342 g/mol. The van der Waals surface area contributed by atoms with E-state index in [4.69, 9.17) is 9.73 Å². The summed E-state index contributed by atoms with van der Waals surface area (Å²) in [7, 11) is 1.72. The number of hydrogen-bond acceptors (Lipinski definition) is 2. The number of methoxy groups -OCH3 is 1. The number of anilines is 1. The number of aliphatic imine (C=N–C) groups is 1. The fourth-order valence-electron chi connectivity index (χ4n) is 3.22. The lowest BCUT2D eigenvalue weighted by molar-refractivity contribution is 0.414. The lowest BCUT2D eigenvalue weighted by Gasteiger charge is -2.18. The molecule has 0 aromatic heterocycles. The molecule has 1 unspecified atom stereocenters. The van der Waals surface area contributed by atoms with Crippen molar-refractivity contribution in [1.82, 2.24) is 0 Å². The molecule has 2 aromatic rings. The third kappa shape index (κ3) is 3.57. The molecule has 1 N–H and O–H groups in total. The Hall–Kier alpha value is -2.00. The van der Waals surface area contributed by atoms with Crippen LogP contribution in [-0.4, -0.2) is 19.0 Å². The maximum Gasteiger partial charge on any atom is 0.119 e. The van der Waals surface area contributed by atoms with Crippen molar-refractivity contribution in [1.29, 1.82) is 0 Å². The lowest BCUT2D eigenvalue weighted by Crippen LogP contribution is -2.21. The standard InChI is InChI=1S/C20H22N2O.ClH/c1-23-17-10-12-19-15(13-17)7-11-18(14-5-3-2-4-6-14)20(22-19)21-16-8-9-16;/h2-6,10,12-13,16,18H,7-9,11H2,1H3,(H,21,22);1H. The Balaban J connectivity index is 0.00000169. The second-order valence-electron chi connectivity index (χ2n) is 6.40. The summed E-state index contributed by atoms with van der Waals surface area (Å²) < 4.78 is 5.38. The highest BCUT2D eigenvalue weighted by Crippen LogP contribution is 2.34. The highest BCUT2D eigenvalue weighted by molar-refractivity contribution is 6.01. The molecular formula is C20H23ClN2O. The van der Waals surface area contributed by atoms with E-state index in [0.717, 1.165) is 24.4 Å². The van der Waals surface area contributed by atoms with Crippen molar-refractivity contribution in [2.75, 3.05) is 12.4 Å². The highest BCUT2D eigenvalue weighted by Gasteiger charge is 2.27. The highest BCUT2D eigenvalue weighted by atomic mass is 35.5. The average Bonchev–Trinajstić information content (AvgIpc) is 3.42. The molecule has 0 radical (unpaired) electrons. The van der Waals surface area contributed by atoms with Crippen LogP contribution in [0.15, 0.2) is 53.5 Å². The zero-order valence-electron chi connectivity index (χ0n) is 13.9. The van der Waals surface area contributed by atoms with Gasteiger partial charge in [0.15, 0.2) is 0 Å². The van der Waals surface area contributed by atoms with Crippen LogP contribution in [0.2, 0.25) is 0 Å². The van der Waals surface area contributed by atoms with Crippen molar-refractivity contribution in [3.8, 4) is 5.75 Å². The molecule has 0 saturated heterocycles. The first kappa shape index (κ1) is 16.8. The van der Waals surface area contributed by atoms with Crippen molar-refractivity contribution >= 4 is 23.9 Å². The zero-order valence-corrected chi connectivity index (χ0v) is 14.7. The van der Waals surface area contributed by atoms with Crippen LogP contribution in [-0.2, 0) is 6.42 Å². The van der Waals surface area contributed by atoms with Gasteiger partial charge in [0.2, 0.25) is 0 Å². The van der Waals surface area contributed by atoms with Gasteiger partial charge in [0.05, 0.1) is 13.2 Å². The number of aryl methyl sites for hydroxylation is 1. The number of nitrogens with zero attached hydrogens (tertiary/aromatic N) is 1. The summed E-state index contributed by atoms with van der Waals surface area (Å²) in [6.07, 6.45) is 4.55. The normalized spacial score (nSPS) is 21.2. The Bertz CT molecular complexity index is 726. The zero-order chi connectivity index (χ0) is 15.6. The van der Waals surface area contributed by atoms with E-state index in [-0.39, 0.29) is 12.4 Å². The van der Waals surface area contributed by atoms with Crippen LogP contribution in [0, 0.1) is 0 Å². The van der Waals surface area contributed by atoms with Gasteiger partial charge >= 0.3 is 0 Å². The predicted molar refractivity (Wildman–Crippen MR) is 102 cm³/mol. The third-order valence-corrected chi connectivity index (χ3v) is 4.68. The lowest BCUT2D eigenvalue weighted by atomic mass is 9.92. The molecule has 2 aromatic carbocycles. The molecular weight excluding hydrogens is 320 g/mol. The maximum absolute atomic E-state index is 5.38. The molecule has 2 aliphatic rings. The van der Waals surface area contributed by atoms with E-state index < -0.39 is 0 Å². The van der Waals surface area contributed by atoms with Crippen LogP contribution in [0.1, 0.15) is 36.3 Å². The quantitative estimate of drug-likeness (QED) is 0.867. The summed E-state index contributed by atoms with van der Waals surface area (Å²) in [5, 5.41) is 3.63. The minimum atomic E-state index is 0. The molecule has 24 heavy (non-hydrogen) atoms. The molecule has 0 amide bonds. The first-order valence-electron chi connectivity index (χ1n) is 8.40. The molecule has 1 fully saturated rings. The number of rotatable bonds is 3. The summed E-state index contributed by atoms with van der Waals surface area (Å²) in [5.74, 6) is 2.39. The Morgan fingerprint density at radius 3 is 2.54 bits per heavy atom. The molecule has 4 rings (SSSR count). The van der Waals surface area contributed by atoms with Crippen molar-refractivity contribution in [2.45, 2.75) is 37.6 Å². The largest absolute Gasteiger partial charge is 0.497 e. The molecule has 3 nitrogen and oxygen atoms in total. The fourth-order valence-corrected chi connectivity index (χ4v) is 3.22. The van der Waals surface area contributed by atoms with Gasteiger partial charge in [0.25, 0.3) is 0 Å². The van der Waals surface area contributed by atoms with Gasteiger partial charge in [-0.3, -0.25) is 4.99 Å². The first-order valence-corrected chi connectivity index (χ1v) is 8.40. The van der Waals surface area contributed by atoms with Gasteiger partial charge in [-0.05, 0) is 55.0 Å².